The molecule has 1 heterocycles. The average molecular weight is 332 g/mol. The van der Waals surface area contributed by atoms with Gasteiger partial charge in [-0.05, 0) is 24.5 Å². The van der Waals surface area contributed by atoms with E-state index >= 15 is 0 Å². The van der Waals surface area contributed by atoms with E-state index in [9.17, 15) is 0 Å². The molecule has 0 radical (unpaired) electrons. The minimum atomic E-state index is 0. The van der Waals surface area contributed by atoms with Gasteiger partial charge in [-0.1, -0.05) is 6.07 Å². The maximum Gasteiger partial charge on any atom is 0.191 e. The van der Waals surface area contributed by atoms with Crippen molar-refractivity contribution in [2.45, 2.75) is 25.4 Å². The second kappa shape index (κ2) is 6.03. The smallest absolute Gasteiger partial charge is 0.191 e. The SMILES string of the molecule is CN(C(N)=NCc1cccnc1)C1CC1.I. The highest BCUT2D eigenvalue weighted by Crippen LogP contribution is 2.24. The number of rotatable bonds is 3. The maximum absolute atomic E-state index is 5.86. The summed E-state index contributed by atoms with van der Waals surface area (Å²) in [6, 6.07) is 4.52. The molecule has 0 bridgehead atoms. The van der Waals surface area contributed by atoms with Crippen molar-refractivity contribution in [3.63, 3.8) is 0 Å². The van der Waals surface area contributed by atoms with Gasteiger partial charge in [-0.3, -0.25) is 4.98 Å². The molecule has 2 rings (SSSR count). The van der Waals surface area contributed by atoms with Crippen molar-refractivity contribution in [1.82, 2.24) is 9.88 Å². The van der Waals surface area contributed by atoms with Gasteiger partial charge in [-0.2, -0.15) is 0 Å². The normalized spacial score (nSPS) is 15.4. The van der Waals surface area contributed by atoms with E-state index in [4.69, 9.17) is 5.73 Å². The third-order valence-corrected chi connectivity index (χ3v) is 2.60. The van der Waals surface area contributed by atoms with Crippen molar-refractivity contribution in [2.75, 3.05) is 7.05 Å². The van der Waals surface area contributed by atoms with Crippen LogP contribution in [-0.4, -0.2) is 28.9 Å². The third-order valence-electron chi connectivity index (χ3n) is 2.60. The average Bonchev–Trinajstić information content (AvgIpc) is 3.10. The molecule has 1 saturated carbocycles. The van der Waals surface area contributed by atoms with Crippen LogP contribution in [0.4, 0.5) is 0 Å². The zero-order valence-corrected chi connectivity index (χ0v) is 11.7. The first-order valence-electron chi connectivity index (χ1n) is 5.19. The summed E-state index contributed by atoms with van der Waals surface area (Å²) < 4.78 is 0. The van der Waals surface area contributed by atoms with E-state index in [-0.39, 0.29) is 24.0 Å². The lowest BCUT2D eigenvalue weighted by molar-refractivity contribution is 0.487. The van der Waals surface area contributed by atoms with Gasteiger partial charge in [0.2, 0.25) is 0 Å². The molecule has 1 fully saturated rings. The number of aromatic nitrogens is 1. The predicted molar refractivity (Wildman–Crippen MR) is 75.8 cm³/mol. The van der Waals surface area contributed by atoms with E-state index in [2.05, 4.69) is 14.9 Å². The first-order valence-corrected chi connectivity index (χ1v) is 5.19. The van der Waals surface area contributed by atoms with Gasteiger partial charge in [0, 0.05) is 25.5 Å². The summed E-state index contributed by atoms with van der Waals surface area (Å²) in [6.45, 7) is 0.608. The topological polar surface area (TPSA) is 54.5 Å². The first-order chi connectivity index (χ1) is 7.27. The fraction of sp³-hybridized carbons (Fsp3) is 0.455. The van der Waals surface area contributed by atoms with Crippen LogP contribution in [0.15, 0.2) is 29.5 Å². The number of halogens is 1. The maximum atomic E-state index is 5.86. The van der Waals surface area contributed by atoms with E-state index in [1.165, 1.54) is 12.8 Å². The number of hydrogen-bond acceptors (Lipinski definition) is 2. The summed E-state index contributed by atoms with van der Waals surface area (Å²) in [4.78, 5) is 10.4. The number of nitrogens with two attached hydrogens (primary N) is 1. The monoisotopic (exact) mass is 332 g/mol. The van der Waals surface area contributed by atoms with Crippen molar-refractivity contribution in [1.29, 1.82) is 0 Å². The van der Waals surface area contributed by atoms with Crippen molar-refractivity contribution in [2.24, 2.45) is 10.7 Å². The Morgan fingerprint density at radius 1 is 1.62 bits per heavy atom. The Labute approximate surface area is 113 Å². The Hall–Kier alpha value is -0.850. The van der Waals surface area contributed by atoms with Crippen LogP contribution in [0.1, 0.15) is 18.4 Å². The van der Waals surface area contributed by atoms with Crippen LogP contribution in [0.25, 0.3) is 0 Å². The van der Waals surface area contributed by atoms with Gasteiger partial charge >= 0.3 is 0 Å². The van der Waals surface area contributed by atoms with Crippen molar-refractivity contribution >= 4 is 29.9 Å². The molecule has 4 nitrogen and oxygen atoms in total. The molecule has 1 aromatic rings. The van der Waals surface area contributed by atoms with Crippen LogP contribution in [-0.2, 0) is 6.54 Å². The number of pyridine rings is 1. The summed E-state index contributed by atoms with van der Waals surface area (Å²) >= 11 is 0. The molecule has 0 unspecified atom stereocenters. The molecule has 1 aromatic heterocycles. The van der Waals surface area contributed by atoms with Crippen LogP contribution < -0.4 is 5.73 Å². The van der Waals surface area contributed by atoms with E-state index < -0.39 is 0 Å². The lowest BCUT2D eigenvalue weighted by Gasteiger charge is -2.16. The van der Waals surface area contributed by atoms with Gasteiger partial charge in [-0.15, -0.1) is 24.0 Å². The summed E-state index contributed by atoms with van der Waals surface area (Å²) in [7, 11) is 2.00. The summed E-state index contributed by atoms with van der Waals surface area (Å²) in [5.74, 6) is 0.626. The highest BCUT2D eigenvalue weighted by atomic mass is 127. The molecule has 2 N–H and O–H groups in total. The highest BCUT2D eigenvalue weighted by Gasteiger charge is 2.27. The molecule has 0 amide bonds. The first kappa shape index (κ1) is 13.2. The highest BCUT2D eigenvalue weighted by molar-refractivity contribution is 14.0. The summed E-state index contributed by atoms with van der Waals surface area (Å²) in [6.07, 6.45) is 6.04. The van der Waals surface area contributed by atoms with Crippen LogP contribution in [0.2, 0.25) is 0 Å². The summed E-state index contributed by atoms with van der Waals surface area (Å²) in [5.41, 5.74) is 6.95. The zero-order chi connectivity index (χ0) is 10.7. The number of hydrogen-bond donors (Lipinski definition) is 1. The van der Waals surface area contributed by atoms with Gasteiger partial charge in [0.05, 0.1) is 6.54 Å². The Bertz CT molecular complexity index is 348. The molecule has 0 saturated heterocycles. The van der Waals surface area contributed by atoms with E-state index in [1.807, 2.05) is 25.4 Å². The largest absolute Gasteiger partial charge is 0.370 e. The second-order valence-corrected chi connectivity index (χ2v) is 3.88. The fourth-order valence-corrected chi connectivity index (χ4v) is 1.42. The van der Waals surface area contributed by atoms with Crippen LogP contribution in [0.3, 0.4) is 0 Å². The van der Waals surface area contributed by atoms with Crippen LogP contribution in [0.5, 0.6) is 0 Å². The lowest BCUT2D eigenvalue weighted by atomic mass is 10.3. The fourth-order valence-electron chi connectivity index (χ4n) is 1.42. The number of aliphatic imine (C=N–C) groups is 1. The van der Waals surface area contributed by atoms with E-state index in [0.717, 1.165) is 5.56 Å². The minimum absolute atomic E-state index is 0. The van der Waals surface area contributed by atoms with E-state index in [1.54, 1.807) is 6.20 Å². The number of guanidine groups is 1. The molecular formula is C11H17IN4. The quantitative estimate of drug-likeness (QED) is 0.520. The molecule has 0 aromatic carbocycles. The van der Waals surface area contributed by atoms with Gasteiger partial charge < -0.3 is 10.6 Å². The van der Waals surface area contributed by atoms with Gasteiger partial charge in [0.15, 0.2) is 5.96 Å². The van der Waals surface area contributed by atoms with Crippen LogP contribution in [0, 0.1) is 0 Å². The molecule has 16 heavy (non-hydrogen) atoms. The Kier molecular flexibility index (Phi) is 4.98. The van der Waals surface area contributed by atoms with Gasteiger partial charge in [0.1, 0.15) is 0 Å². The molecular weight excluding hydrogens is 315 g/mol. The lowest BCUT2D eigenvalue weighted by Crippen LogP contribution is -2.35. The van der Waals surface area contributed by atoms with Crippen LogP contribution >= 0.6 is 24.0 Å². The standard InChI is InChI=1S/C11H16N4.HI/c1-15(10-4-5-10)11(12)14-8-9-3-2-6-13-7-9;/h2-3,6-7,10H,4-5,8H2,1H3,(H2,12,14);1H. The third kappa shape index (κ3) is 3.62. The van der Waals surface area contributed by atoms with Crippen molar-refractivity contribution in [3.05, 3.63) is 30.1 Å². The van der Waals surface area contributed by atoms with Gasteiger partial charge in [0.25, 0.3) is 0 Å². The van der Waals surface area contributed by atoms with Crippen molar-refractivity contribution in [3.8, 4) is 0 Å². The molecule has 1 aliphatic carbocycles. The molecule has 1 aliphatic rings. The predicted octanol–water partition coefficient (Wildman–Crippen LogP) is 1.61. The molecule has 0 aliphatic heterocycles. The molecule has 0 spiro atoms. The number of nitrogens with zero attached hydrogens (tertiary/aromatic N) is 3. The summed E-state index contributed by atoms with van der Waals surface area (Å²) in [5, 5.41) is 0. The molecule has 0 atom stereocenters. The molecule has 5 heteroatoms. The Balaban J connectivity index is 0.00000128. The minimum Gasteiger partial charge on any atom is -0.370 e. The van der Waals surface area contributed by atoms with Gasteiger partial charge in [-0.25, -0.2) is 4.99 Å². The van der Waals surface area contributed by atoms with Crippen molar-refractivity contribution < 1.29 is 0 Å². The van der Waals surface area contributed by atoms with E-state index in [0.29, 0.717) is 18.5 Å². The second-order valence-electron chi connectivity index (χ2n) is 3.88. The Morgan fingerprint density at radius 3 is 2.94 bits per heavy atom. The molecule has 88 valence electrons. The zero-order valence-electron chi connectivity index (χ0n) is 9.34. The Morgan fingerprint density at radius 2 is 2.38 bits per heavy atom.